The molecule has 0 unspecified atom stereocenters. The molecule has 2 amide bonds. The molecule has 18 heavy (non-hydrogen) atoms. The summed E-state index contributed by atoms with van der Waals surface area (Å²) in [6.07, 6.45) is 0.248. The van der Waals surface area contributed by atoms with Crippen LogP contribution in [0.15, 0.2) is 0 Å². The normalized spacial score (nSPS) is 12.8. The predicted molar refractivity (Wildman–Crippen MR) is 65.7 cm³/mol. The molecule has 0 bridgehead atoms. The summed E-state index contributed by atoms with van der Waals surface area (Å²) in [5.74, 6) is -1.38. The zero-order chi connectivity index (χ0) is 14.2. The summed E-state index contributed by atoms with van der Waals surface area (Å²) in [7, 11) is -3.39. The second-order valence-electron chi connectivity index (χ2n) is 3.52. The first-order valence-electron chi connectivity index (χ1n) is 5.56. The molecule has 0 saturated carbocycles. The van der Waals surface area contributed by atoms with Gasteiger partial charge in [0.15, 0.2) is 0 Å². The minimum atomic E-state index is -3.39. The van der Waals surface area contributed by atoms with Crippen molar-refractivity contribution >= 4 is 22.0 Å². The fourth-order valence-electron chi connectivity index (χ4n) is 1.14. The second kappa shape index (κ2) is 7.88. The lowest BCUT2D eigenvalue weighted by atomic mass is 10.2. The van der Waals surface area contributed by atoms with Crippen molar-refractivity contribution in [1.82, 2.24) is 15.4 Å². The molecule has 106 valence electrons. The molecule has 4 N–H and O–H groups in total. The van der Waals surface area contributed by atoms with Gasteiger partial charge < -0.3 is 15.7 Å². The number of amides is 2. The first kappa shape index (κ1) is 16.6. The number of carboxylic acids is 1. The first-order valence-corrected chi connectivity index (χ1v) is 7.22. The Morgan fingerprint density at radius 3 is 2.33 bits per heavy atom. The van der Waals surface area contributed by atoms with E-state index in [1.165, 1.54) is 0 Å². The summed E-state index contributed by atoms with van der Waals surface area (Å²) in [6.45, 7) is 3.47. The van der Waals surface area contributed by atoms with E-state index in [9.17, 15) is 18.0 Å². The van der Waals surface area contributed by atoms with E-state index in [4.69, 9.17) is 5.11 Å². The molecule has 0 rings (SSSR count). The number of sulfonamides is 1. The second-order valence-corrected chi connectivity index (χ2v) is 5.44. The molecule has 0 aliphatic rings. The molecule has 0 saturated heterocycles. The van der Waals surface area contributed by atoms with Crippen molar-refractivity contribution < 1.29 is 23.1 Å². The highest BCUT2D eigenvalue weighted by molar-refractivity contribution is 7.89. The summed E-state index contributed by atoms with van der Waals surface area (Å²) >= 11 is 0. The Morgan fingerprint density at radius 2 is 1.89 bits per heavy atom. The summed E-state index contributed by atoms with van der Waals surface area (Å²) in [6, 6.07) is -1.67. The number of nitrogens with one attached hydrogen (secondary N) is 3. The zero-order valence-corrected chi connectivity index (χ0v) is 11.2. The molecule has 0 aromatic rings. The molecule has 0 aliphatic carbocycles. The molecule has 0 aromatic heterocycles. The van der Waals surface area contributed by atoms with Crippen LogP contribution in [0.1, 0.15) is 20.3 Å². The van der Waals surface area contributed by atoms with Crippen molar-refractivity contribution in [3.05, 3.63) is 0 Å². The van der Waals surface area contributed by atoms with Crippen LogP contribution in [-0.4, -0.2) is 50.4 Å². The van der Waals surface area contributed by atoms with E-state index in [-0.39, 0.29) is 25.3 Å². The van der Waals surface area contributed by atoms with Crippen molar-refractivity contribution in [2.75, 3.05) is 18.8 Å². The lowest BCUT2D eigenvalue weighted by molar-refractivity contribution is -0.139. The summed E-state index contributed by atoms with van der Waals surface area (Å²) in [4.78, 5) is 21.9. The number of aliphatic carboxylic acids is 1. The van der Waals surface area contributed by atoms with Gasteiger partial charge in [0.1, 0.15) is 6.04 Å². The van der Waals surface area contributed by atoms with Gasteiger partial charge in [-0.05, 0) is 6.42 Å². The maximum atomic E-state index is 11.3. The van der Waals surface area contributed by atoms with Crippen LogP contribution in [0.25, 0.3) is 0 Å². The third-order valence-corrected chi connectivity index (χ3v) is 3.50. The van der Waals surface area contributed by atoms with E-state index in [0.29, 0.717) is 0 Å². The monoisotopic (exact) mass is 281 g/mol. The largest absolute Gasteiger partial charge is 0.480 e. The summed E-state index contributed by atoms with van der Waals surface area (Å²) in [5, 5.41) is 13.2. The van der Waals surface area contributed by atoms with Crippen molar-refractivity contribution in [2.45, 2.75) is 26.3 Å². The van der Waals surface area contributed by atoms with Crippen LogP contribution in [0, 0.1) is 0 Å². The van der Waals surface area contributed by atoms with E-state index in [1.807, 2.05) is 0 Å². The van der Waals surface area contributed by atoms with Gasteiger partial charge in [-0.1, -0.05) is 13.8 Å². The molecular formula is C9H19N3O5S. The topological polar surface area (TPSA) is 125 Å². The third-order valence-electron chi connectivity index (χ3n) is 2.03. The Balaban J connectivity index is 4.01. The third kappa shape index (κ3) is 7.07. The number of carbonyl (C=O) groups excluding carboxylic acids is 1. The van der Waals surface area contributed by atoms with Crippen LogP contribution in [-0.2, 0) is 14.8 Å². The molecule has 0 spiro atoms. The van der Waals surface area contributed by atoms with Crippen LogP contribution in [0.4, 0.5) is 4.79 Å². The van der Waals surface area contributed by atoms with Crippen molar-refractivity contribution in [3.63, 3.8) is 0 Å². The summed E-state index contributed by atoms with van der Waals surface area (Å²) in [5.41, 5.74) is 0. The summed E-state index contributed by atoms with van der Waals surface area (Å²) < 4.78 is 24.7. The molecule has 0 heterocycles. The predicted octanol–water partition coefficient (Wildman–Crippen LogP) is -0.912. The number of rotatable bonds is 8. The zero-order valence-electron chi connectivity index (χ0n) is 10.4. The molecule has 1 atom stereocenters. The molecule has 0 fully saturated rings. The van der Waals surface area contributed by atoms with Crippen molar-refractivity contribution in [3.8, 4) is 0 Å². The Bertz CT molecular complexity index is 382. The van der Waals surface area contributed by atoms with Crippen molar-refractivity contribution in [2.24, 2.45) is 0 Å². The number of carbonyl (C=O) groups is 2. The van der Waals surface area contributed by atoms with Gasteiger partial charge in [0.25, 0.3) is 0 Å². The lowest BCUT2D eigenvalue weighted by Gasteiger charge is -2.13. The van der Waals surface area contributed by atoms with Gasteiger partial charge in [0, 0.05) is 13.1 Å². The van der Waals surface area contributed by atoms with Gasteiger partial charge in [0.05, 0.1) is 5.75 Å². The van der Waals surface area contributed by atoms with Crippen molar-refractivity contribution in [1.29, 1.82) is 0 Å². The quantitative estimate of drug-likeness (QED) is 0.458. The van der Waals surface area contributed by atoms with E-state index in [0.717, 1.165) is 0 Å². The highest BCUT2D eigenvalue weighted by atomic mass is 32.2. The minimum absolute atomic E-state index is 0.0861. The highest BCUT2D eigenvalue weighted by Crippen LogP contribution is 1.90. The fourth-order valence-corrected chi connectivity index (χ4v) is 2.09. The van der Waals surface area contributed by atoms with E-state index < -0.39 is 28.1 Å². The van der Waals surface area contributed by atoms with Gasteiger partial charge in [-0.25, -0.2) is 22.7 Å². The number of hydrogen-bond donors (Lipinski definition) is 4. The van der Waals surface area contributed by atoms with Gasteiger partial charge in [-0.3, -0.25) is 0 Å². The molecule has 8 nitrogen and oxygen atoms in total. The first-order chi connectivity index (χ1) is 8.32. The molecule has 0 aliphatic heterocycles. The standard InChI is InChI=1S/C9H19N3O5S/c1-3-7(8(13)14)12-9(15)10-5-6-18(16,17)11-4-2/h7,11H,3-6H2,1-2H3,(H,13,14)(H2,10,12,15)/t7-/m1/s1. The van der Waals surface area contributed by atoms with Gasteiger partial charge >= 0.3 is 12.0 Å². The van der Waals surface area contributed by atoms with Crippen LogP contribution in [0.2, 0.25) is 0 Å². The SMILES string of the molecule is CCNS(=O)(=O)CCNC(=O)N[C@H](CC)C(=O)O. The van der Waals surface area contributed by atoms with E-state index in [2.05, 4.69) is 15.4 Å². The van der Waals surface area contributed by atoms with E-state index >= 15 is 0 Å². The van der Waals surface area contributed by atoms with Gasteiger partial charge in [0.2, 0.25) is 10.0 Å². The van der Waals surface area contributed by atoms with Crippen LogP contribution in [0.3, 0.4) is 0 Å². The number of urea groups is 1. The Labute approximate surface area is 106 Å². The number of hydrogen-bond acceptors (Lipinski definition) is 4. The molecule has 9 heteroatoms. The maximum Gasteiger partial charge on any atom is 0.326 e. The lowest BCUT2D eigenvalue weighted by Crippen LogP contribution is -2.47. The van der Waals surface area contributed by atoms with Gasteiger partial charge in [-0.2, -0.15) is 0 Å². The Kier molecular flexibility index (Phi) is 7.29. The molecule has 0 radical (unpaired) electrons. The maximum absolute atomic E-state index is 11.3. The van der Waals surface area contributed by atoms with Crippen LogP contribution < -0.4 is 15.4 Å². The minimum Gasteiger partial charge on any atom is -0.480 e. The average Bonchev–Trinajstić information content (AvgIpc) is 2.24. The number of carboxylic acid groups (broad SMARTS) is 1. The Morgan fingerprint density at radius 1 is 1.28 bits per heavy atom. The van der Waals surface area contributed by atoms with E-state index in [1.54, 1.807) is 13.8 Å². The van der Waals surface area contributed by atoms with Crippen LogP contribution in [0.5, 0.6) is 0 Å². The highest BCUT2D eigenvalue weighted by Gasteiger charge is 2.17. The Hall–Kier alpha value is -1.35. The smallest absolute Gasteiger partial charge is 0.326 e. The van der Waals surface area contributed by atoms with Crippen LogP contribution >= 0.6 is 0 Å². The fraction of sp³-hybridized carbons (Fsp3) is 0.778. The average molecular weight is 281 g/mol. The van der Waals surface area contributed by atoms with Gasteiger partial charge in [-0.15, -0.1) is 0 Å². The molecule has 0 aromatic carbocycles. The molecular weight excluding hydrogens is 262 g/mol.